The van der Waals surface area contributed by atoms with E-state index in [-0.39, 0.29) is 18.7 Å². The molecule has 47 heavy (non-hydrogen) atoms. The number of halogens is 2. The Hall–Kier alpha value is -3.83. The highest BCUT2D eigenvalue weighted by atomic mass is 32.1. The number of thiazole rings is 1. The van der Waals surface area contributed by atoms with E-state index >= 15 is 0 Å². The summed E-state index contributed by atoms with van der Waals surface area (Å²) in [6.07, 6.45) is 3.63. The Labute approximate surface area is 272 Å². The number of anilines is 3. The number of carbonyl (C=O) groups excluding carboxylic acids is 1. The van der Waals surface area contributed by atoms with E-state index < -0.39 is 25.4 Å². The van der Waals surface area contributed by atoms with Gasteiger partial charge in [-0.2, -0.15) is 0 Å². The maximum Gasteiger partial charge on any atom is 0.469 e. The molecule has 1 amide bonds. The van der Waals surface area contributed by atoms with Crippen molar-refractivity contribution in [3.05, 3.63) is 59.4 Å². The van der Waals surface area contributed by atoms with Gasteiger partial charge >= 0.3 is 7.82 Å². The number of carbonyl (C=O) groups is 1. The van der Waals surface area contributed by atoms with Crippen LogP contribution in [0.4, 0.5) is 25.4 Å². The Balaban J connectivity index is 1.12. The first-order chi connectivity index (χ1) is 22.6. The molecular weight excluding hydrogens is 659 g/mol. The van der Waals surface area contributed by atoms with Crippen LogP contribution in [-0.4, -0.2) is 100 Å². The predicted octanol–water partition coefficient (Wildman–Crippen LogP) is 3.79. The fraction of sp³-hybridized carbons (Fsp3) is 0.379. The van der Waals surface area contributed by atoms with Gasteiger partial charge in [0.15, 0.2) is 28.3 Å². The number of nitrogens with one attached hydrogen (secondary N) is 2. The quantitative estimate of drug-likeness (QED) is 0.105. The highest BCUT2D eigenvalue weighted by Crippen LogP contribution is 2.36. The molecule has 1 aliphatic rings. The van der Waals surface area contributed by atoms with Crippen LogP contribution >= 0.6 is 19.2 Å². The molecule has 1 aliphatic heterocycles. The summed E-state index contributed by atoms with van der Waals surface area (Å²) in [5.41, 5.74) is 0.384. The first kappa shape index (κ1) is 34.5. The molecule has 4 aromatic rings. The molecule has 2 aromatic carbocycles. The number of rotatable bonds is 15. The van der Waals surface area contributed by atoms with Crippen molar-refractivity contribution in [2.45, 2.75) is 12.8 Å². The molecule has 0 bridgehead atoms. The number of fused-ring (bicyclic) bond motifs is 1. The van der Waals surface area contributed by atoms with Gasteiger partial charge in [0.2, 0.25) is 5.91 Å². The Morgan fingerprint density at radius 1 is 1.04 bits per heavy atom. The van der Waals surface area contributed by atoms with Gasteiger partial charge in [-0.05, 0) is 24.6 Å². The first-order valence-corrected chi connectivity index (χ1v) is 17.0. The van der Waals surface area contributed by atoms with Crippen molar-refractivity contribution in [2.75, 3.05) is 70.2 Å². The number of piperazine rings is 1. The molecule has 0 atom stereocenters. The number of amides is 1. The van der Waals surface area contributed by atoms with Crippen molar-refractivity contribution >= 4 is 52.6 Å². The van der Waals surface area contributed by atoms with Crippen LogP contribution in [0.25, 0.3) is 10.9 Å². The van der Waals surface area contributed by atoms with Crippen LogP contribution in [0.1, 0.15) is 11.3 Å². The highest BCUT2D eigenvalue weighted by Gasteiger charge is 2.20. The van der Waals surface area contributed by atoms with E-state index in [9.17, 15) is 18.1 Å². The molecule has 1 fully saturated rings. The maximum atomic E-state index is 13.9. The van der Waals surface area contributed by atoms with Crippen LogP contribution in [0, 0.1) is 11.6 Å². The van der Waals surface area contributed by atoms with Crippen molar-refractivity contribution in [1.82, 2.24) is 24.8 Å². The van der Waals surface area contributed by atoms with E-state index in [1.807, 2.05) is 0 Å². The summed E-state index contributed by atoms with van der Waals surface area (Å²) in [7, 11) is -2.90. The van der Waals surface area contributed by atoms with Gasteiger partial charge < -0.3 is 34.8 Å². The summed E-state index contributed by atoms with van der Waals surface area (Å²) >= 11 is 1.22. The zero-order valence-electron chi connectivity index (χ0n) is 25.4. The van der Waals surface area contributed by atoms with Crippen LogP contribution < -0.4 is 20.1 Å². The minimum Gasteiger partial charge on any atom is -0.493 e. The van der Waals surface area contributed by atoms with Gasteiger partial charge in [0.1, 0.15) is 12.1 Å². The number of hydrogen-bond acceptors (Lipinski definition) is 12. The number of hydrogen-bond donors (Lipinski definition) is 4. The van der Waals surface area contributed by atoms with Gasteiger partial charge in [0, 0.05) is 61.8 Å². The van der Waals surface area contributed by atoms with Crippen molar-refractivity contribution in [2.24, 2.45) is 0 Å². The smallest absolute Gasteiger partial charge is 0.469 e. The van der Waals surface area contributed by atoms with Crippen LogP contribution in [-0.2, 0) is 20.3 Å². The largest absolute Gasteiger partial charge is 0.493 e. The number of phosphoric acid groups is 1. The molecule has 5 rings (SSSR count). The normalized spacial score (nSPS) is 14.3. The molecule has 1 saturated heterocycles. The second-order valence-corrected chi connectivity index (χ2v) is 12.9. The van der Waals surface area contributed by atoms with Gasteiger partial charge in [0.05, 0.1) is 37.9 Å². The van der Waals surface area contributed by atoms with Crippen molar-refractivity contribution in [3.63, 3.8) is 0 Å². The van der Waals surface area contributed by atoms with Crippen molar-refractivity contribution < 1.29 is 41.9 Å². The number of nitrogens with zero attached hydrogens (tertiary/aromatic N) is 5. The average Bonchev–Trinajstić information content (AvgIpc) is 3.47. The van der Waals surface area contributed by atoms with Crippen LogP contribution in [0.15, 0.2) is 42.9 Å². The molecule has 0 radical (unpaired) electrons. The van der Waals surface area contributed by atoms with Crippen LogP contribution in [0.2, 0.25) is 0 Å². The zero-order chi connectivity index (χ0) is 33.4. The average molecular weight is 694 g/mol. The van der Waals surface area contributed by atoms with Crippen LogP contribution in [0.5, 0.6) is 11.5 Å². The number of methoxy groups -OCH3 is 1. The molecule has 0 aliphatic carbocycles. The molecule has 3 heterocycles. The Morgan fingerprint density at radius 3 is 2.55 bits per heavy atom. The Morgan fingerprint density at radius 2 is 1.81 bits per heavy atom. The lowest BCUT2D eigenvalue weighted by Crippen LogP contribution is -2.47. The summed E-state index contributed by atoms with van der Waals surface area (Å²) < 4.78 is 54.4. The van der Waals surface area contributed by atoms with Gasteiger partial charge in [-0.3, -0.25) is 14.2 Å². The van der Waals surface area contributed by atoms with Crippen molar-refractivity contribution in [3.8, 4) is 11.5 Å². The molecule has 4 N–H and O–H groups in total. The fourth-order valence-electron chi connectivity index (χ4n) is 4.93. The van der Waals surface area contributed by atoms with E-state index in [4.69, 9.17) is 19.3 Å². The molecule has 252 valence electrons. The second kappa shape index (κ2) is 15.8. The third-order valence-electron chi connectivity index (χ3n) is 7.27. The minimum absolute atomic E-state index is 0.00929. The highest BCUT2D eigenvalue weighted by molar-refractivity contribution is 7.46. The molecule has 0 spiro atoms. The zero-order valence-corrected chi connectivity index (χ0v) is 27.1. The minimum atomic E-state index is -4.44. The lowest BCUT2D eigenvalue weighted by molar-refractivity contribution is -0.115. The molecule has 18 heteroatoms. The van der Waals surface area contributed by atoms with Gasteiger partial charge in [-0.15, -0.1) is 11.3 Å². The lowest BCUT2D eigenvalue weighted by Gasteiger charge is -2.34. The van der Waals surface area contributed by atoms with E-state index in [0.717, 1.165) is 45.2 Å². The topological polar surface area (TPSA) is 171 Å². The summed E-state index contributed by atoms with van der Waals surface area (Å²) in [4.78, 5) is 48.1. The summed E-state index contributed by atoms with van der Waals surface area (Å²) in [6.45, 7) is 5.00. The number of ether oxygens (including phenoxy) is 2. The van der Waals surface area contributed by atoms with Gasteiger partial charge in [-0.25, -0.2) is 28.3 Å². The first-order valence-electron chi connectivity index (χ1n) is 14.6. The van der Waals surface area contributed by atoms with Gasteiger partial charge in [0.25, 0.3) is 0 Å². The Kier molecular flexibility index (Phi) is 11.6. The maximum absolute atomic E-state index is 13.9. The molecule has 14 nitrogen and oxygen atoms in total. The number of aromatic nitrogens is 3. The van der Waals surface area contributed by atoms with E-state index in [2.05, 4.69) is 39.9 Å². The fourth-order valence-corrected chi connectivity index (χ4v) is 6.06. The molecular formula is C29H34F2N7O7PS. The van der Waals surface area contributed by atoms with E-state index in [1.165, 1.54) is 36.0 Å². The third kappa shape index (κ3) is 9.84. The van der Waals surface area contributed by atoms with Crippen LogP contribution in [0.3, 0.4) is 0 Å². The third-order valence-corrected chi connectivity index (χ3v) is 8.70. The Bertz CT molecular complexity index is 1740. The number of phosphoric ester groups is 1. The summed E-state index contributed by atoms with van der Waals surface area (Å²) in [5, 5.41) is 6.67. The monoisotopic (exact) mass is 693 g/mol. The molecule has 0 saturated carbocycles. The SMILES string of the molecule is COc1cc2c(Nc3ncc(CC(=O)Nc4cccc(F)c4F)s3)ncnc2cc1OCCCN1CCN(CCOP(=O)(O)O)CC1. The van der Waals surface area contributed by atoms with Gasteiger partial charge in [-0.1, -0.05) is 6.07 Å². The summed E-state index contributed by atoms with van der Waals surface area (Å²) in [5.74, 6) is -1.16. The second-order valence-electron chi connectivity index (χ2n) is 10.5. The van der Waals surface area contributed by atoms with E-state index in [1.54, 1.807) is 19.2 Å². The van der Waals surface area contributed by atoms with Crippen molar-refractivity contribution in [1.29, 1.82) is 0 Å². The van der Waals surface area contributed by atoms with E-state index in [0.29, 0.717) is 51.4 Å². The lowest BCUT2D eigenvalue weighted by atomic mass is 10.2. The standard InChI is InChI=1S/C29H34F2N7O7PS/c1-43-24-15-20-23(16-25(24)44-12-3-6-37-7-9-38(10-8-37)11-13-45-46(40,41)42)33-18-34-28(20)36-29-32-17-19(47-29)14-26(39)35-22-5-2-4-21(30)27(22)31/h2,4-5,15-18H,3,6-14H2,1H3,(H,35,39)(H2,40,41,42)(H,32,33,34,36). The molecule has 2 aromatic heterocycles. The predicted molar refractivity (Wildman–Crippen MR) is 171 cm³/mol. The molecule has 0 unspecified atom stereocenters. The summed E-state index contributed by atoms with van der Waals surface area (Å²) in [6, 6.07) is 7.13. The number of benzene rings is 2.